The molecule has 1 aromatic carbocycles. The van der Waals surface area contributed by atoms with Crippen molar-refractivity contribution in [3.05, 3.63) is 34.9 Å². The molecule has 0 aliphatic heterocycles. The molecule has 0 aliphatic carbocycles. The zero-order chi connectivity index (χ0) is 12.9. The Labute approximate surface area is 108 Å². The molecule has 1 aromatic rings. The van der Waals surface area contributed by atoms with Crippen molar-refractivity contribution in [1.29, 1.82) is 0 Å². The lowest BCUT2D eigenvalue weighted by molar-refractivity contribution is -0.122. The number of hydrogen-bond donors (Lipinski definition) is 1. The highest BCUT2D eigenvalue weighted by Gasteiger charge is 2.22. The minimum atomic E-state index is -0.352. The molecule has 0 radical (unpaired) electrons. The lowest BCUT2D eigenvalue weighted by Crippen LogP contribution is -2.40. The Kier molecular flexibility index (Phi) is 5.01. The lowest BCUT2D eigenvalue weighted by atomic mass is 9.94. The van der Waals surface area contributed by atoms with Crippen molar-refractivity contribution in [1.82, 2.24) is 5.32 Å². The van der Waals surface area contributed by atoms with Crippen LogP contribution in [0.25, 0.3) is 0 Å². The summed E-state index contributed by atoms with van der Waals surface area (Å²) in [5.41, 5.74) is 0.710. The third kappa shape index (κ3) is 4.39. The maximum atomic E-state index is 11.7. The zero-order valence-corrected chi connectivity index (χ0v) is 11.5. The van der Waals surface area contributed by atoms with Crippen LogP contribution < -0.4 is 5.32 Å². The highest BCUT2D eigenvalue weighted by Crippen LogP contribution is 2.22. The maximum Gasteiger partial charge on any atom is 0.220 e. The fourth-order valence-corrected chi connectivity index (χ4v) is 1.81. The molecule has 17 heavy (non-hydrogen) atoms. The molecule has 0 fully saturated rings. The van der Waals surface area contributed by atoms with Crippen LogP contribution in [0.5, 0.6) is 0 Å². The molecule has 0 unspecified atom stereocenters. The van der Waals surface area contributed by atoms with Crippen LogP contribution in [-0.4, -0.2) is 5.91 Å². The Morgan fingerprint density at radius 1 is 1.29 bits per heavy atom. The van der Waals surface area contributed by atoms with Crippen LogP contribution in [0.3, 0.4) is 0 Å². The summed E-state index contributed by atoms with van der Waals surface area (Å²) in [6, 6.07) is 7.58. The van der Waals surface area contributed by atoms with Gasteiger partial charge in [0, 0.05) is 11.4 Å². The van der Waals surface area contributed by atoms with E-state index in [9.17, 15) is 4.79 Å². The van der Waals surface area contributed by atoms with Gasteiger partial charge >= 0.3 is 0 Å². The molecular formula is C14H20ClNO. The summed E-state index contributed by atoms with van der Waals surface area (Å²) in [5, 5.41) is 3.75. The number of amides is 1. The van der Waals surface area contributed by atoms with E-state index in [-0.39, 0.29) is 11.4 Å². The second-order valence-electron chi connectivity index (χ2n) is 4.78. The second kappa shape index (κ2) is 6.06. The summed E-state index contributed by atoms with van der Waals surface area (Å²) >= 11 is 5.85. The van der Waals surface area contributed by atoms with E-state index in [0.29, 0.717) is 11.4 Å². The summed E-state index contributed by atoms with van der Waals surface area (Å²) in [6.45, 7) is 6.08. The molecular weight excluding hydrogens is 234 g/mol. The van der Waals surface area contributed by atoms with Crippen molar-refractivity contribution in [2.75, 3.05) is 0 Å². The van der Waals surface area contributed by atoms with Gasteiger partial charge in [-0.3, -0.25) is 4.79 Å². The summed E-state index contributed by atoms with van der Waals surface area (Å²) in [5.74, 6) is 0.104. The Morgan fingerprint density at radius 2 is 1.88 bits per heavy atom. The topological polar surface area (TPSA) is 29.1 Å². The number of unbranched alkanes of at least 4 members (excludes halogenated alkanes) is 1. The van der Waals surface area contributed by atoms with Crippen molar-refractivity contribution >= 4 is 17.5 Å². The third-order valence-electron chi connectivity index (χ3n) is 2.78. The van der Waals surface area contributed by atoms with E-state index in [2.05, 4.69) is 12.2 Å². The molecule has 2 nitrogen and oxygen atoms in total. The smallest absolute Gasteiger partial charge is 0.220 e. The first-order valence-corrected chi connectivity index (χ1v) is 6.40. The third-order valence-corrected chi connectivity index (χ3v) is 3.03. The van der Waals surface area contributed by atoms with Gasteiger partial charge in [0.25, 0.3) is 0 Å². The highest BCUT2D eigenvalue weighted by atomic mass is 35.5. The van der Waals surface area contributed by atoms with Crippen molar-refractivity contribution in [3.8, 4) is 0 Å². The van der Waals surface area contributed by atoms with Crippen molar-refractivity contribution in [3.63, 3.8) is 0 Å². The SMILES string of the molecule is CCCCC(=O)NC(C)(C)c1ccc(Cl)cc1. The predicted octanol–water partition coefficient (Wildman–Crippen LogP) is 3.88. The maximum absolute atomic E-state index is 11.7. The van der Waals surface area contributed by atoms with Gasteiger partial charge < -0.3 is 5.32 Å². The quantitative estimate of drug-likeness (QED) is 0.848. The predicted molar refractivity (Wildman–Crippen MR) is 72.1 cm³/mol. The number of nitrogens with one attached hydrogen (secondary N) is 1. The molecule has 94 valence electrons. The van der Waals surface area contributed by atoms with E-state index < -0.39 is 0 Å². The Hall–Kier alpha value is -1.02. The van der Waals surface area contributed by atoms with Gasteiger partial charge in [0.15, 0.2) is 0 Å². The van der Waals surface area contributed by atoms with E-state index >= 15 is 0 Å². The minimum absolute atomic E-state index is 0.104. The van der Waals surface area contributed by atoms with Gasteiger partial charge in [-0.05, 0) is 38.0 Å². The Bertz CT molecular complexity index is 370. The van der Waals surface area contributed by atoms with E-state index in [0.717, 1.165) is 18.4 Å². The van der Waals surface area contributed by atoms with Crippen molar-refractivity contribution < 1.29 is 4.79 Å². The van der Waals surface area contributed by atoms with Gasteiger partial charge in [-0.2, -0.15) is 0 Å². The number of benzene rings is 1. The average Bonchev–Trinajstić information content (AvgIpc) is 2.26. The second-order valence-corrected chi connectivity index (χ2v) is 5.22. The first-order chi connectivity index (χ1) is 7.95. The summed E-state index contributed by atoms with van der Waals surface area (Å²) < 4.78 is 0. The summed E-state index contributed by atoms with van der Waals surface area (Å²) in [4.78, 5) is 11.7. The standard InChI is InChI=1S/C14H20ClNO/c1-4-5-6-13(17)16-14(2,3)11-7-9-12(15)10-8-11/h7-10H,4-6H2,1-3H3,(H,16,17). The van der Waals surface area contributed by atoms with Crippen LogP contribution in [-0.2, 0) is 10.3 Å². The Morgan fingerprint density at radius 3 is 2.41 bits per heavy atom. The van der Waals surface area contributed by atoms with Crippen molar-refractivity contribution in [2.45, 2.75) is 45.6 Å². The van der Waals surface area contributed by atoms with Crippen LogP contribution in [0, 0.1) is 0 Å². The molecule has 0 saturated carbocycles. The molecule has 0 aliphatic rings. The molecule has 0 bridgehead atoms. The minimum Gasteiger partial charge on any atom is -0.347 e. The molecule has 3 heteroatoms. The van der Waals surface area contributed by atoms with Gasteiger partial charge in [-0.1, -0.05) is 37.1 Å². The van der Waals surface area contributed by atoms with Crippen LogP contribution >= 0.6 is 11.6 Å². The number of hydrogen-bond acceptors (Lipinski definition) is 1. The van der Waals surface area contributed by atoms with Gasteiger partial charge in [0.2, 0.25) is 5.91 Å². The summed E-state index contributed by atoms with van der Waals surface area (Å²) in [7, 11) is 0. The van der Waals surface area contributed by atoms with Crippen molar-refractivity contribution in [2.24, 2.45) is 0 Å². The molecule has 0 aromatic heterocycles. The lowest BCUT2D eigenvalue weighted by Gasteiger charge is -2.27. The average molecular weight is 254 g/mol. The zero-order valence-electron chi connectivity index (χ0n) is 10.7. The van der Waals surface area contributed by atoms with E-state index in [1.165, 1.54) is 0 Å². The first-order valence-electron chi connectivity index (χ1n) is 6.03. The molecule has 1 amide bonds. The van der Waals surface area contributed by atoms with Crippen LogP contribution in [0.4, 0.5) is 0 Å². The normalized spacial score (nSPS) is 11.3. The van der Waals surface area contributed by atoms with Gasteiger partial charge in [-0.15, -0.1) is 0 Å². The fourth-order valence-electron chi connectivity index (χ4n) is 1.69. The molecule has 0 spiro atoms. The van der Waals surface area contributed by atoms with E-state index in [1.54, 1.807) is 0 Å². The molecule has 1 rings (SSSR count). The van der Waals surface area contributed by atoms with Crippen LogP contribution in [0.1, 0.15) is 45.6 Å². The fraction of sp³-hybridized carbons (Fsp3) is 0.500. The molecule has 0 atom stereocenters. The highest BCUT2D eigenvalue weighted by molar-refractivity contribution is 6.30. The van der Waals surface area contributed by atoms with E-state index in [1.807, 2.05) is 38.1 Å². The van der Waals surface area contributed by atoms with Gasteiger partial charge in [0.1, 0.15) is 0 Å². The Balaban J connectivity index is 2.67. The largest absolute Gasteiger partial charge is 0.347 e. The molecule has 0 heterocycles. The monoisotopic (exact) mass is 253 g/mol. The van der Waals surface area contributed by atoms with Gasteiger partial charge in [0.05, 0.1) is 5.54 Å². The summed E-state index contributed by atoms with van der Waals surface area (Å²) in [6.07, 6.45) is 2.56. The van der Waals surface area contributed by atoms with E-state index in [4.69, 9.17) is 11.6 Å². The van der Waals surface area contributed by atoms with Gasteiger partial charge in [-0.25, -0.2) is 0 Å². The molecule has 0 saturated heterocycles. The number of rotatable bonds is 5. The number of carbonyl (C=O) groups is 1. The first kappa shape index (κ1) is 14.0. The number of carbonyl (C=O) groups excluding carboxylic acids is 1. The van der Waals surface area contributed by atoms with Crippen LogP contribution in [0.2, 0.25) is 5.02 Å². The van der Waals surface area contributed by atoms with Crippen LogP contribution in [0.15, 0.2) is 24.3 Å². The number of halogens is 1. The molecule has 1 N–H and O–H groups in total.